The third-order valence-corrected chi connectivity index (χ3v) is 5.05. The summed E-state index contributed by atoms with van der Waals surface area (Å²) in [6, 6.07) is 15.2. The van der Waals surface area contributed by atoms with Crippen LogP contribution in [-0.4, -0.2) is 17.7 Å². The van der Waals surface area contributed by atoms with Crippen molar-refractivity contribution in [3.63, 3.8) is 0 Å². The minimum atomic E-state index is 0.830. The van der Waals surface area contributed by atoms with E-state index in [9.17, 15) is 0 Å². The number of aromatic nitrogens is 1. The summed E-state index contributed by atoms with van der Waals surface area (Å²) in [4.78, 5) is 0. The van der Waals surface area contributed by atoms with Crippen molar-refractivity contribution in [2.24, 2.45) is 0 Å². The maximum absolute atomic E-state index is 6.27. The van der Waals surface area contributed by atoms with Gasteiger partial charge < -0.3 is 9.88 Å². The summed E-state index contributed by atoms with van der Waals surface area (Å²) in [7, 11) is 0. The van der Waals surface area contributed by atoms with Crippen LogP contribution in [0.5, 0.6) is 0 Å². The molecule has 0 bridgehead atoms. The highest BCUT2D eigenvalue weighted by Gasteiger charge is 2.13. The Morgan fingerprint density at radius 3 is 2.91 bits per heavy atom. The fraction of sp³-hybridized carbons (Fsp3) is 0.263. The molecule has 2 aromatic carbocycles. The summed E-state index contributed by atoms with van der Waals surface area (Å²) in [5.74, 6) is 0. The van der Waals surface area contributed by atoms with Gasteiger partial charge in [-0.05, 0) is 47.9 Å². The standard InChI is InChI=1S/C19H19ClN2/c1-13-17(3-2-4-18(13)20)14-5-6-19-15(11-14)12-16-7-8-21-9-10-22(16)19/h2-6,11-12,21H,7-10H2,1H3. The van der Waals surface area contributed by atoms with Gasteiger partial charge in [-0.3, -0.25) is 0 Å². The maximum Gasteiger partial charge on any atom is 0.0483 e. The lowest BCUT2D eigenvalue weighted by molar-refractivity contribution is 0.658. The van der Waals surface area contributed by atoms with Crippen LogP contribution in [0.15, 0.2) is 42.5 Å². The molecule has 1 aromatic heterocycles. The first-order valence-electron chi connectivity index (χ1n) is 7.82. The van der Waals surface area contributed by atoms with Gasteiger partial charge in [0.1, 0.15) is 0 Å². The lowest BCUT2D eigenvalue weighted by Crippen LogP contribution is -2.17. The molecule has 0 amide bonds. The number of hydrogen-bond donors (Lipinski definition) is 1. The molecule has 4 rings (SSSR count). The number of halogens is 1. The molecule has 3 heteroatoms. The van der Waals surface area contributed by atoms with Crippen LogP contribution in [0, 0.1) is 6.92 Å². The zero-order chi connectivity index (χ0) is 15.1. The number of nitrogens with zero attached hydrogens (tertiary/aromatic N) is 1. The summed E-state index contributed by atoms with van der Waals surface area (Å²) in [5, 5.41) is 5.62. The van der Waals surface area contributed by atoms with E-state index >= 15 is 0 Å². The van der Waals surface area contributed by atoms with Gasteiger partial charge in [0.15, 0.2) is 0 Å². The quantitative estimate of drug-likeness (QED) is 0.704. The molecule has 2 nitrogen and oxygen atoms in total. The summed E-state index contributed by atoms with van der Waals surface area (Å²) >= 11 is 6.27. The van der Waals surface area contributed by atoms with E-state index in [1.54, 1.807) is 0 Å². The molecule has 0 fully saturated rings. The van der Waals surface area contributed by atoms with Gasteiger partial charge in [0.2, 0.25) is 0 Å². The molecule has 1 N–H and O–H groups in total. The molecule has 1 aliphatic heterocycles. The van der Waals surface area contributed by atoms with Crippen LogP contribution in [0.25, 0.3) is 22.0 Å². The minimum absolute atomic E-state index is 0.830. The van der Waals surface area contributed by atoms with Gasteiger partial charge in [0.05, 0.1) is 0 Å². The van der Waals surface area contributed by atoms with Crippen molar-refractivity contribution in [1.29, 1.82) is 0 Å². The Bertz CT molecular complexity index is 848. The van der Waals surface area contributed by atoms with Gasteiger partial charge in [0.25, 0.3) is 0 Å². The number of nitrogens with one attached hydrogen (secondary N) is 1. The van der Waals surface area contributed by atoms with Crippen LogP contribution in [0.1, 0.15) is 11.3 Å². The Morgan fingerprint density at radius 1 is 1.09 bits per heavy atom. The molecule has 1 aliphatic rings. The highest BCUT2D eigenvalue weighted by Crippen LogP contribution is 2.31. The van der Waals surface area contributed by atoms with Crippen molar-refractivity contribution >= 4 is 22.5 Å². The van der Waals surface area contributed by atoms with Crippen molar-refractivity contribution in [3.05, 3.63) is 58.7 Å². The van der Waals surface area contributed by atoms with Crippen LogP contribution < -0.4 is 5.32 Å². The minimum Gasteiger partial charge on any atom is -0.343 e. The topological polar surface area (TPSA) is 17.0 Å². The highest BCUT2D eigenvalue weighted by atomic mass is 35.5. The van der Waals surface area contributed by atoms with E-state index in [0.29, 0.717) is 0 Å². The van der Waals surface area contributed by atoms with Crippen molar-refractivity contribution in [1.82, 2.24) is 9.88 Å². The third kappa shape index (κ3) is 2.23. The van der Waals surface area contributed by atoms with Gasteiger partial charge in [-0.1, -0.05) is 29.8 Å². The molecule has 0 radical (unpaired) electrons. The zero-order valence-corrected chi connectivity index (χ0v) is 13.5. The zero-order valence-electron chi connectivity index (χ0n) is 12.7. The fourth-order valence-electron chi connectivity index (χ4n) is 3.42. The lowest BCUT2D eigenvalue weighted by atomic mass is 9.99. The predicted molar refractivity (Wildman–Crippen MR) is 93.7 cm³/mol. The number of fused-ring (bicyclic) bond motifs is 3. The van der Waals surface area contributed by atoms with Gasteiger partial charge in [-0.15, -0.1) is 0 Å². The Labute approximate surface area is 135 Å². The Hall–Kier alpha value is -1.77. The highest BCUT2D eigenvalue weighted by molar-refractivity contribution is 6.31. The fourth-order valence-corrected chi connectivity index (χ4v) is 3.59. The SMILES string of the molecule is Cc1c(Cl)cccc1-c1ccc2c(c1)cc1n2CCNCC1. The summed E-state index contributed by atoms with van der Waals surface area (Å²) in [6.45, 7) is 5.25. The second-order valence-electron chi connectivity index (χ2n) is 5.97. The van der Waals surface area contributed by atoms with E-state index in [1.165, 1.54) is 27.7 Å². The molecular formula is C19H19ClN2. The largest absolute Gasteiger partial charge is 0.343 e. The molecular weight excluding hydrogens is 292 g/mol. The molecule has 0 aliphatic carbocycles. The van der Waals surface area contributed by atoms with Crippen molar-refractivity contribution in [2.75, 3.05) is 13.1 Å². The maximum atomic E-state index is 6.27. The molecule has 2 heterocycles. The van der Waals surface area contributed by atoms with E-state index in [4.69, 9.17) is 11.6 Å². The second kappa shape index (κ2) is 5.45. The van der Waals surface area contributed by atoms with E-state index in [0.717, 1.165) is 36.6 Å². The molecule has 3 aromatic rings. The number of benzene rings is 2. The normalized spacial score (nSPS) is 14.8. The van der Waals surface area contributed by atoms with Gasteiger partial charge in [0, 0.05) is 47.7 Å². The van der Waals surface area contributed by atoms with Crippen molar-refractivity contribution in [3.8, 4) is 11.1 Å². The molecule has 0 unspecified atom stereocenters. The lowest BCUT2D eigenvalue weighted by Gasteiger charge is -2.09. The first-order chi connectivity index (χ1) is 10.7. The Kier molecular flexibility index (Phi) is 3.44. The molecule has 22 heavy (non-hydrogen) atoms. The van der Waals surface area contributed by atoms with E-state index in [2.05, 4.69) is 47.1 Å². The van der Waals surface area contributed by atoms with Crippen LogP contribution in [0.4, 0.5) is 0 Å². The monoisotopic (exact) mass is 310 g/mol. The van der Waals surface area contributed by atoms with Gasteiger partial charge >= 0.3 is 0 Å². The summed E-state index contributed by atoms with van der Waals surface area (Å²) in [5.41, 5.74) is 6.37. The van der Waals surface area contributed by atoms with Crippen LogP contribution in [-0.2, 0) is 13.0 Å². The molecule has 0 saturated carbocycles. The molecule has 0 spiro atoms. The first-order valence-corrected chi connectivity index (χ1v) is 8.20. The Morgan fingerprint density at radius 2 is 2.00 bits per heavy atom. The van der Waals surface area contributed by atoms with E-state index < -0.39 is 0 Å². The third-order valence-electron chi connectivity index (χ3n) is 4.64. The number of rotatable bonds is 1. The predicted octanol–water partition coefficient (Wildman–Crippen LogP) is 4.42. The smallest absolute Gasteiger partial charge is 0.0483 e. The van der Waals surface area contributed by atoms with Crippen LogP contribution >= 0.6 is 11.6 Å². The average molecular weight is 311 g/mol. The van der Waals surface area contributed by atoms with Crippen molar-refractivity contribution < 1.29 is 0 Å². The summed E-state index contributed by atoms with van der Waals surface area (Å²) < 4.78 is 2.45. The molecule has 0 atom stereocenters. The Balaban J connectivity index is 1.86. The number of hydrogen-bond acceptors (Lipinski definition) is 1. The van der Waals surface area contributed by atoms with E-state index in [-0.39, 0.29) is 0 Å². The average Bonchev–Trinajstić information content (AvgIpc) is 2.70. The molecule has 0 saturated heterocycles. The van der Waals surface area contributed by atoms with Crippen LogP contribution in [0.2, 0.25) is 5.02 Å². The van der Waals surface area contributed by atoms with Gasteiger partial charge in [-0.2, -0.15) is 0 Å². The van der Waals surface area contributed by atoms with Crippen molar-refractivity contribution in [2.45, 2.75) is 19.9 Å². The molecule has 112 valence electrons. The van der Waals surface area contributed by atoms with Crippen LogP contribution in [0.3, 0.4) is 0 Å². The first kappa shape index (κ1) is 13.9. The summed E-state index contributed by atoms with van der Waals surface area (Å²) in [6.07, 6.45) is 1.10. The van der Waals surface area contributed by atoms with E-state index in [1.807, 2.05) is 12.1 Å². The second-order valence-corrected chi connectivity index (χ2v) is 6.38. The van der Waals surface area contributed by atoms with Gasteiger partial charge in [-0.25, -0.2) is 0 Å².